The number of hydrogen-bond donors (Lipinski definition) is 2. The minimum atomic E-state index is -0.0521. The summed E-state index contributed by atoms with van der Waals surface area (Å²) in [5.41, 5.74) is 8.63. The minimum absolute atomic E-state index is 0.0521. The van der Waals surface area contributed by atoms with Gasteiger partial charge in [0.25, 0.3) is 5.91 Å². The maximum Gasteiger partial charge on any atom is 0.271 e. The summed E-state index contributed by atoms with van der Waals surface area (Å²) in [7, 11) is 0. The molecule has 2 saturated carbocycles. The van der Waals surface area contributed by atoms with E-state index in [-0.39, 0.29) is 11.9 Å². The highest BCUT2D eigenvalue weighted by Crippen LogP contribution is 2.39. The largest absolute Gasteiger partial charge is 0.347 e. The Balaban J connectivity index is 1.54. The summed E-state index contributed by atoms with van der Waals surface area (Å²) in [5, 5.41) is 3.26. The number of imidazole rings is 1. The van der Waals surface area contributed by atoms with Gasteiger partial charge in [0.05, 0.1) is 0 Å². The van der Waals surface area contributed by atoms with Crippen molar-refractivity contribution >= 4 is 11.6 Å². The molecule has 3 N–H and O–H groups in total. The molecule has 0 saturated heterocycles. The predicted molar refractivity (Wildman–Crippen MR) is 89.2 cm³/mol. The van der Waals surface area contributed by atoms with Crippen LogP contribution in [0.25, 0.3) is 5.65 Å². The molecular weight excluding hydrogens is 288 g/mol. The Morgan fingerprint density at radius 1 is 1.35 bits per heavy atom. The molecule has 23 heavy (non-hydrogen) atoms. The molecule has 1 amide bonds. The summed E-state index contributed by atoms with van der Waals surface area (Å²) in [5.74, 6) is 1.00. The topological polar surface area (TPSA) is 72.4 Å². The van der Waals surface area contributed by atoms with Crippen LogP contribution in [0.4, 0.5) is 0 Å². The average molecular weight is 312 g/mol. The van der Waals surface area contributed by atoms with Crippen molar-refractivity contribution in [2.75, 3.05) is 0 Å². The number of amides is 1. The van der Waals surface area contributed by atoms with Gasteiger partial charge in [-0.25, -0.2) is 4.98 Å². The van der Waals surface area contributed by atoms with Crippen molar-refractivity contribution in [2.24, 2.45) is 17.6 Å². The van der Waals surface area contributed by atoms with Crippen LogP contribution >= 0.6 is 0 Å². The van der Waals surface area contributed by atoms with E-state index in [0.29, 0.717) is 23.6 Å². The van der Waals surface area contributed by atoms with E-state index in [9.17, 15) is 4.79 Å². The smallest absolute Gasteiger partial charge is 0.271 e. The number of aryl methyl sites for hydroxylation is 1. The van der Waals surface area contributed by atoms with E-state index < -0.39 is 0 Å². The summed E-state index contributed by atoms with van der Waals surface area (Å²) >= 11 is 0. The van der Waals surface area contributed by atoms with Crippen LogP contribution in [0.15, 0.2) is 24.5 Å². The maximum absolute atomic E-state index is 12.7. The van der Waals surface area contributed by atoms with Gasteiger partial charge in [0.2, 0.25) is 0 Å². The van der Waals surface area contributed by atoms with Gasteiger partial charge < -0.3 is 15.5 Å². The first-order valence-corrected chi connectivity index (χ1v) is 8.62. The van der Waals surface area contributed by atoms with E-state index in [2.05, 4.69) is 10.3 Å². The molecule has 2 bridgehead atoms. The molecule has 5 heteroatoms. The van der Waals surface area contributed by atoms with Gasteiger partial charge in [-0.15, -0.1) is 0 Å². The number of rotatable bonds is 2. The maximum atomic E-state index is 12.7. The van der Waals surface area contributed by atoms with E-state index >= 15 is 0 Å². The van der Waals surface area contributed by atoms with Gasteiger partial charge in [-0.3, -0.25) is 4.79 Å². The standard InChI is InChI=1S/C18H24N4O/c1-11-5-6-22-10-15(20-16(22)7-11)18(23)21-17-12-3-2-4-13(17)9-14(19)8-12/h5-7,10,12-14,17H,2-4,8-9,19H2,1H3,(H,21,23). The zero-order valence-electron chi connectivity index (χ0n) is 13.5. The summed E-state index contributed by atoms with van der Waals surface area (Å²) in [4.78, 5) is 17.1. The van der Waals surface area contributed by atoms with Gasteiger partial charge in [-0.05, 0) is 62.1 Å². The number of pyridine rings is 1. The van der Waals surface area contributed by atoms with Gasteiger partial charge >= 0.3 is 0 Å². The molecule has 0 aromatic carbocycles. The lowest BCUT2D eigenvalue weighted by Gasteiger charge is -2.45. The number of aromatic nitrogens is 2. The molecule has 2 heterocycles. The fraction of sp³-hybridized carbons (Fsp3) is 0.556. The second-order valence-electron chi connectivity index (χ2n) is 7.28. The molecule has 0 aliphatic heterocycles. The highest BCUT2D eigenvalue weighted by molar-refractivity contribution is 5.93. The molecule has 2 aliphatic carbocycles. The molecule has 0 spiro atoms. The molecule has 2 aliphatic rings. The average Bonchev–Trinajstić information content (AvgIpc) is 2.91. The zero-order chi connectivity index (χ0) is 16.0. The molecule has 0 radical (unpaired) electrons. The summed E-state index contributed by atoms with van der Waals surface area (Å²) in [6.45, 7) is 2.03. The number of fused-ring (bicyclic) bond motifs is 3. The lowest BCUT2D eigenvalue weighted by Crippen LogP contribution is -2.53. The summed E-state index contributed by atoms with van der Waals surface area (Å²) < 4.78 is 1.90. The number of nitrogens with zero attached hydrogens (tertiary/aromatic N) is 2. The van der Waals surface area contributed by atoms with Crippen molar-refractivity contribution in [2.45, 2.75) is 51.1 Å². The molecule has 2 unspecified atom stereocenters. The first-order chi connectivity index (χ1) is 11.1. The first-order valence-electron chi connectivity index (χ1n) is 8.62. The van der Waals surface area contributed by atoms with Crippen molar-refractivity contribution in [3.63, 3.8) is 0 Å². The van der Waals surface area contributed by atoms with Crippen LogP contribution in [0, 0.1) is 18.8 Å². The van der Waals surface area contributed by atoms with Crippen LogP contribution in [0.3, 0.4) is 0 Å². The number of carbonyl (C=O) groups excluding carboxylic acids is 1. The van der Waals surface area contributed by atoms with Crippen molar-refractivity contribution in [3.8, 4) is 0 Å². The summed E-state index contributed by atoms with van der Waals surface area (Å²) in [6, 6.07) is 4.58. The molecule has 2 aromatic rings. The third-order valence-electron chi connectivity index (χ3n) is 5.52. The molecular formula is C18H24N4O. The molecule has 2 atom stereocenters. The minimum Gasteiger partial charge on any atom is -0.347 e. The van der Waals surface area contributed by atoms with Crippen molar-refractivity contribution in [1.29, 1.82) is 0 Å². The predicted octanol–water partition coefficient (Wildman–Crippen LogP) is 2.28. The lowest BCUT2D eigenvalue weighted by atomic mass is 9.67. The monoisotopic (exact) mass is 312 g/mol. The van der Waals surface area contributed by atoms with Gasteiger partial charge in [0, 0.05) is 24.5 Å². The number of hydrogen-bond acceptors (Lipinski definition) is 3. The lowest BCUT2D eigenvalue weighted by molar-refractivity contribution is 0.0752. The number of carbonyl (C=O) groups is 1. The van der Waals surface area contributed by atoms with E-state index in [1.807, 2.05) is 35.9 Å². The molecule has 122 valence electrons. The van der Waals surface area contributed by atoms with Gasteiger partial charge in [0.1, 0.15) is 11.3 Å². The zero-order valence-corrected chi connectivity index (χ0v) is 13.5. The van der Waals surface area contributed by atoms with E-state index in [1.54, 1.807) is 0 Å². The molecule has 2 fully saturated rings. The third kappa shape index (κ3) is 2.74. The van der Waals surface area contributed by atoms with Crippen molar-refractivity contribution < 1.29 is 4.79 Å². The SMILES string of the molecule is Cc1ccn2cc(C(=O)NC3C4CCCC3CC(N)C4)nc2c1. The molecule has 2 aromatic heterocycles. The second kappa shape index (κ2) is 5.64. The van der Waals surface area contributed by atoms with Crippen molar-refractivity contribution in [1.82, 2.24) is 14.7 Å². The van der Waals surface area contributed by atoms with Crippen LogP contribution in [-0.4, -0.2) is 27.4 Å². The van der Waals surface area contributed by atoms with Crippen molar-refractivity contribution in [3.05, 3.63) is 35.8 Å². The Morgan fingerprint density at radius 2 is 2.09 bits per heavy atom. The third-order valence-corrected chi connectivity index (χ3v) is 5.52. The second-order valence-corrected chi connectivity index (χ2v) is 7.28. The van der Waals surface area contributed by atoms with Crippen LogP contribution in [0.2, 0.25) is 0 Å². The Kier molecular flexibility index (Phi) is 3.60. The van der Waals surface area contributed by atoms with Crippen LogP contribution in [0.5, 0.6) is 0 Å². The fourth-order valence-electron chi connectivity index (χ4n) is 4.44. The van der Waals surface area contributed by atoms with Gasteiger partial charge in [0.15, 0.2) is 0 Å². The molecule has 4 rings (SSSR count). The van der Waals surface area contributed by atoms with E-state index in [0.717, 1.165) is 24.1 Å². The normalized spacial score (nSPS) is 30.3. The highest BCUT2D eigenvalue weighted by atomic mass is 16.2. The fourth-order valence-corrected chi connectivity index (χ4v) is 4.44. The van der Waals surface area contributed by atoms with Crippen LogP contribution < -0.4 is 11.1 Å². The van der Waals surface area contributed by atoms with Gasteiger partial charge in [-0.1, -0.05) is 6.42 Å². The molecule has 5 nitrogen and oxygen atoms in total. The first kappa shape index (κ1) is 14.7. The van der Waals surface area contributed by atoms with Crippen LogP contribution in [0.1, 0.15) is 48.2 Å². The number of nitrogens with one attached hydrogen (secondary N) is 1. The highest BCUT2D eigenvalue weighted by Gasteiger charge is 2.40. The van der Waals surface area contributed by atoms with Gasteiger partial charge in [-0.2, -0.15) is 0 Å². The quantitative estimate of drug-likeness (QED) is 0.893. The Bertz CT molecular complexity index is 724. The Morgan fingerprint density at radius 3 is 2.83 bits per heavy atom. The van der Waals surface area contributed by atoms with E-state index in [4.69, 9.17) is 5.73 Å². The summed E-state index contributed by atoms with van der Waals surface area (Å²) in [6.07, 6.45) is 9.45. The Labute approximate surface area is 136 Å². The number of nitrogens with two attached hydrogens (primary N) is 1. The Hall–Kier alpha value is -1.88. The van der Waals surface area contributed by atoms with E-state index in [1.165, 1.54) is 19.3 Å². The van der Waals surface area contributed by atoms with Crippen LogP contribution in [-0.2, 0) is 0 Å².